The first-order valence-corrected chi connectivity index (χ1v) is 9.38. The van der Waals surface area contributed by atoms with E-state index >= 15 is 0 Å². The van der Waals surface area contributed by atoms with Crippen LogP contribution >= 0.6 is 0 Å². The first-order valence-electron chi connectivity index (χ1n) is 9.38. The van der Waals surface area contributed by atoms with Gasteiger partial charge in [-0.25, -0.2) is 0 Å². The molecule has 1 saturated heterocycles. The van der Waals surface area contributed by atoms with E-state index in [1.165, 1.54) is 0 Å². The lowest BCUT2D eigenvalue weighted by molar-refractivity contribution is 0.0764. The van der Waals surface area contributed by atoms with Gasteiger partial charge in [-0.1, -0.05) is 0 Å². The minimum absolute atomic E-state index is 0.0189. The van der Waals surface area contributed by atoms with Gasteiger partial charge in [0, 0.05) is 37.0 Å². The first-order chi connectivity index (χ1) is 13.1. The Hall–Kier alpha value is -2.60. The van der Waals surface area contributed by atoms with Gasteiger partial charge in [0.05, 0.1) is 19.3 Å². The van der Waals surface area contributed by atoms with Gasteiger partial charge in [0.25, 0.3) is 5.91 Å². The van der Waals surface area contributed by atoms with Crippen molar-refractivity contribution < 1.29 is 19.4 Å². The van der Waals surface area contributed by atoms with Gasteiger partial charge in [0.15, 0.2) is 11.5 Å². The summed E-state index contributed by atoms with van der Waals surface area (Å²) in [5.74, 6) is 1.12. The zero-order chi connectivity index (χ0) is 19.2. The zero-order valence-corrected chi connectivity index (χ0v) is 15.8. The van der Waals surface area contributed by atoms with Gasteiger partial charge in [-0.2, -0.15) is 0 Å². The van der Waals surface area contributed by atoms with E-state index in [4.69, 9.17) is 9.47 Å². The maximum Gasteiger partial charge on any atom is 0.254 e. The Bertz CT molecular complexity index is 766. The minimum atomic E-state index is -0.531. The molecule has 1 aliphatic heterocycles. The molecule has 2 heterocycles. The Balaban J connectivity index is 1.71. The van der Waals surface area contributed by atoms with Gasteiger partial charge in [-0.3, -0.25) is 9.78 Å². The van der Waals surface area contributed by atoms with E-state index in [2.05, 4.69) is 4.98 Å². The molecule has 0 bridgehead atoms. The number of hydrogen-bond acceptors (Lipinski definition) is 5. The molecule has 1 N–H and O–H groups in total. The number of likely N-dealkylation sites (tertiary alicyclic amines) is 1. The molecule has 0 spiro atoms. The monoisotopic (exact) mass is 370 g/mol. The van der Waals surface area contributed by atoms with Crippen LogP contribution in [0.5, 0.6) is 11.5 Å². The highest BCUT2D eigenvalue weighted by Crippen LogP contribution is 2.30. The van der Waals surface area contributed by atoms with E-state index in [0.29, 0.717) is 43.4 Å². The lowest BCUT2D eigenvalue weighted by atomic mass is 9.97. The summed E-state index contributed by atoms with van der Waals surface area (Å²) in [7, 11) is 0. The number of carbonyl (C=O) groups excluding carboxylic acids is 1. The van der Waals surface area contributed by atoms with Crippen molar-refractivity contribution in [3.63, 3.8) is 0 Å². The fourth-order valence-corrected chi connectivity index (χ4v) is 3.41. The molecular weight excluding hydrogens is 344 g/mol. The largest absolute Gasteiger partial charge is 0.490 e. The Kier molecular flexibility index (Phi) is 6.29. The average molecular weight is 370 g/mol. The number of aliphatic hydroxyl groups excluding tert-OH is 1. The highest BCUT2D eigenvalue weighted by Gasteiger charge is 2.34. The van der Waals surface area contributed by atoms with Crippen molar-refractivity contribution in [1.29, 1.82) is 0 Å². The van der Waals surface area contributed by atoms with Crippen molar-refractivity contribution in [3.05, 3.63) is 53.9 Å². The van der Waals surface area contributed by atoms with Crippen LogP contribution < -0.4 is 9.47 Å². The van der Waals surface area contributed by atoms with Gasteiger partial charge in [0.1, 0.15) is 0 Å². The number of hydrogen-bond donors (Lipinski definition) is 1. The third-order valence-electron chi connectivity index (χ3n) is 4.73. The maximum absolute atomic E-state index is 12.9. The van der Waals surface area contributed by atoms with Gasteiger partial charge in [-0.15, -0.1) is 0 Å². The molecule has 2 atom stereocenters. The zero-order valence-electron chi connectivity index (χ0n) is 15.8. The van der Waals surface area contributed by atoms with Gasteiger partial charge in [-0.05, 0) is 56.2 Å². The van der Waals surface area contributed by atoms with E-state index in [1.807, 2.05) is 26.0 Å². The molecule has 6 nitrogen and oxygen atoms in total. The second-order valence-electron chi connectivity index (χ2n) is 6.62. The smallest absolute Gasteiger partial charge is 0.254 e. The SMILES string of the molecule is CCOc1ccc(C(=O)N2C[C@@H](Cc3ccncc3)[C@@H](O)C2)cc1OCC. The Morgan fingerprint density at radius 3 is 2.52 bits per heavy atom. The van der Waals surface area contributed by atoms with E-state index in [1.54, 1.807) is 35.5 Å². The summed E-state index contributed by atoms with van der Waals surface area (Å²) in [6, 6.07) is 9.12. The van der Waals surface area contributed by atoms with Crippen LogP contribution in [0.25, 0.3) is 0 Å². The molecule has 3 rings (SSSR count). The van der Waals surface area contributed by atoms with Crippen molar-refractivity contribution in [2.75, 3.05) is 26.3 Å². The first kappa shape index (κ1) is 19.2. The second kappa shape index (κ2) is 8.86. The van der Waals surface area contributed by atoms with Crippen molar-refractivity contribution in [2.24, 2.45) is 5.92 Å². The molecule has 6 heteroatoms. The number of carbonyl (C=O) groups is 1. The van der Waals surface area contributed by atoms with E-state index in [0.717, 1.165) is 12.0 Å². The van der Waals surface area contributed by atoms with Crippen LogP contribution in [0.1, 0.15) is 29.8 Å². The van der Waals surface area contributed by atoms with Crippen molar-refractivity contribution >= 4 is 5.91 Å². The van der Waals surface area contributed by atoms with Gasteiger partial charge in [0.2, 0.25) is 0 Å². The predicted octanol–water partition coefficient (Wildman–Crippen LogP) is 2.55. The van der Waals surface area contributed by atoms with E-state index < -0.39 is 6.10 Å². The molecule has 1 aromatic heterocycles. The quantitative estimate of drug-likeness (QED) is 0.811. The summed E-state index contributed by atoms with van der Waals surface area (Å²) in [4.78, 5) is 18.7. The number of pyridine rings is 1. The molecule has 0 radical (unpaired) electrons. The number of amides is 1. The lowest BCUT2D eigenvalue weighted by Crippen LogP contribution is -2.29. The van der Waals surface area contributed by atoms with Crippen LogP contribution in [0.4, 0.5) is 0 Å². The van der Waals surface area contributed by atoms with Gasteiger partial charge >= 0.3 is 0 Å². The number of aromatic nitrogens is 1. The summed E-state index contributed by atoms with van der Waals surface area (Å²) in [5, 5.41) is 10.4. The van der Waals surface area contributed by atoms with Crippen LogP contribution in [0.2, 0.25) is 0 Å². The molecule has 144 valence electrons. The fourth-order valence-electron chi connectivity index (χ4n) is 3.41. The molecule has 0 aliphatic carbocycles. The van der Waals surface area contributed by atoms with Crippen LogP contribution in [0.15, 0.2) is 42.7 Å². The number of rotatable bonds is 7. The highest BCUT2D eigenvalue weighted by atomic mass is 16.5. The second-order valence-corrected chi connectivity index (χ2v) is 6.62. The maximum atomic E-state index is 12.9. The number of benzene rings is 1. The molecule has 1 amide bonds. The highest BCUT2D eigenvalue weighted by molar-refractivity contribution is 5.95. The number of aliphatic hydroxyl groups is 1. The minimum Gasteiger partial charge on any atom is -0.490 e. The molecular formula is C21H26N2O4. The van der Waals surface area contributed by atoms with Crippen LogP contribution in [0.3, 0.4) is 0 Å². The average Bonchev–Trinajstić information content (AvgIpc) is 3.04. The Morgan fingerprint density at radius 2 is 1.81 bits per heavy atom. The molecule has 0 saturated carbocycles. The fraction of sp³-hybridized carbons (Fsp3) is 0.429. The summed E-state index contributed by atoms with van der Waals surface area (Å²) in [5.41, 5.74) is 1.65. The standard InChI is InChI=1S/C21H26N2O4/c1-3-26-19-6-5-16(12-20(19)27-4-2)21(25)23-13-17(18(24)14-23)11-15-7-9-22-10-8-15/h5-10,12,17-18,24H,3-4,11,13-14H2,1-2H3/t17-,18+/m1/s1. The van der Waals surface area contributed by atoms with E-state index in [9.17, 15) is 9.90 Å². The van der Waals surface area contributed by atoms with Crippen LogP contribution in [0, 0.1) is 5.92 Å². The summed E-state index contributed by atoms with van der Waals surface area (Å²) in [6.07, 6.45) is 3.68. The van der Waals surface area contributed by atoms with Crippen molar-refractivity contribution in [2.45, 2.75) is 26.4 Å². The molecule has 1 fully saturated rings. The Labute approximate surface area is 159 Å². The van der Waals surface area contributed by atoms with Crippen LogP contribution in [-0.4, -0.2) is 53.3 Å². The third-order valence-corrected chi connectivity index (χ3v) is 4.73. The topological polar surface area (TPSA) is 71.9 Å². The number of ether oxygens (including phenoxy) is 2. The van der Waals surface area contributed by atoms with Gasteiger partial charge < -0.3 is 19.5 Å². The summed E-state index contributed by atoms with van der Waals surface area (Å²) >= 11 is 0. The number of nitrogens with zero attached hydrogens (tertiary/aromatic N) is 2. The van der Waals surface area contributed by atoms with Crippen molar-refractivity contribution in [1.82, 2.24) is 9.88 Å². The molecule has 27 heavy (non-hydrogen) atoms. The molecule has 1 aliphatic rings. The molecule has 1 aromatic carbocycles. The Morgan fingerprint density at radius 1 is 1.11 bits per heavy atom. The molecule has 0 unspecified atom stereocenters. The van der Waals surface area contributed by atoms with Crippen molar-refractivity contribution in [3.8, 4) is 11.5 Å². The van der Waals surface area contributed by atoms with E-state index in [-0.39, 0.29) is 11.8 Å². The normalized spacial score (nSPS) is 19.1. The molecule has 2 aromatic rings. The predicted molar refractivity (Wildman–Crippen MR) is 102 cm³/mol. The third kappa shape index (κ3) is 4.57. The lowest BCUT2D eigenvalue weighted by Gasteiger charge is -2.18. The number of β-amino-alcohol motifs (C(OH)–C–C–N with tert-alkyl or cyclic N) is 1. The van der Waals surface area contributed by atoms with Crippen LogP contribution in [-0.2, 0) is 6.42 Å². The summed E-state index contributed by atoms with van der Waals surface area (Å²) in [6.45, 7) is 5.69. The summed E-state index contributed by atoms with van der Waals surface area (Å²) < 4.78 is 11.2.